The first-order chi connectivity index (χ1) is 7.15. The van der Waals surface area contributed by atoms with Gasteiger partial charge in [-0.25, -0.2) is 0 Å². The van der Waals surface area contributed by atoms with Crippen molar-refractivity contribution in [3.05, 3.63) is 34.9 Å². The fourth-order valence-electron chi connectivity index (χ4n) is 2.41. The van der Waals surface area contributed by atoms with Crippen LogP contribution in [0.15, 0.2) is 18.2 Å². The number of hydrogen-bond donors (Lipinski definition) is 2. The summed E-state index contributed by atoms with van der Waals surface area (Å²) in [5.74, 6) is 0. The summed E-state index contributed by atoms with van der Waals surface area (Å²) in [6, 6.07) is 7.56. The molecule has 1 aromatic carbocycles. The molecule has 1 fully saturated rings. The number of nitrogens with two attached hydrogens (primary N) is 1. The highest BCUT2D eigenvalue weighted by Gasteiger charge is 2.20. The summed E-state index contributed by atoms with van der Waals surface area (Å²) in [4.78, 5) is 0. The predicted octanol–water partition coefficient (Wildman–Crippen LogP) is 2.06. The molecule has 3 N–H and O–H groups in total. The zero-order chi connectivity index (χ0) is 10.8. The molecule has 0 saturated carbocycles. The third-order valence-corrected chi connectivity index (χ3v) is 3.09. The fourth-order valence-corrected chi connectivity index (χ4v) is 2.41. The lowest BCUT2D eigenvalue weighted by molar-refractivity contribution is 0.369. The first-order valence-corrected chi connectivity index (χ1v) is 5.72. The predicted molar refractivity (Wildman–Crippen MR) is 63.9 cm³/mol. The Labute approximate surface area is 91.9 Å². The Kier molecular flexibility index (Phi) is 3.08. The maximum absolute atomic E-state index is 6.00. The Morgan fingerprint density at radius 3 is 2.47 bits per heavy atom. The smallest absolute Gasteiger partial charge is 0.0335 e. The molecule has 1 saturated heterocycles. The Morgan fingerprint density at radius 1 is 1.20 bits per heavy atom. The lowest BCUT2D eigenvalue weighted by Gasteiger charge is -2.28. The Hall–Kier alpha value is -0.860. The fraction of sp³-hybridized carbons (Fsp3) is 0.538. The van der Waals surface area contributed by atoms with Gasteiger partial charge in [0, 0.05) is 12.1 Å². The normalized spacial score (nSPS) is 26.6. The summed E-state index contributed by atoms with van der Waals surface area (Å²) in [6.45, 7) is 5.34. The molecule has 0 amide bonds. The van der Waals surface area contributed by atoms with Crippen LogP contribution in [0.5, 0.6) is 0 Å². The van der Waals surface area contributed by atoms with Crippen LogP contribution < -0.4 is 11.1 Å². The highest BCUT2D eigenvalue weighted by atomic mass is 14.9. The van der Waals surface area contributed by atoms with Crippen molar-refractivity contribution < 1.29 is 0 Å². The van der Waals surface area contributed by atoms with E-state index in [2.05, 4.69) is 37.4 Å². The first kappa shape index (κ1) is 10.7. The largest absolute Gasteiger partial charge is 0.328 e. The van der Waals surface area contributed by atoms with Crippen molar-refractivity contribution in [2.75, 3.05) is 6.54 Å². The highest BCUT2D eigenvalue weighted by Crippen LogP contribution is 2.24. The second kappa shape index (κ2) is 4.33. The molecule has 1 heterocycles. The van der Waals surface area contributed by atoms with Crippen molar-refractivity contribution in [2.45, 2.75) is 38.8 Å². The molecule has 2 rings (SSSR count). The molecule has 82 valence electrons. The van der Waals surface area contributed by atoms with Crippen LogP contribution in [0.3, 0.4) is 0 Å². The Morgan fingerprint density at radius 2 is 1.87 bits per heavy atom. The molecule has 1 aliphatic heterocycles. The van der Waals surface area contributed by atoms with E-state index in [1.54, 1.807) is 0 Å². The SMILES string of the molecule is Cc1cc(C)cc([C@@H]2C[C@@H](N)CCN2)c1. The third kappa shape index (κ3) is 2.58. The molecular formula is C13H20N2. The van der Waals surface area contributed by atoms with Gasteiger partial charge in [0.2, 0.25) is 0 Å². The average Bonchev–Trinajstić information content (AvgIpc) is 2.16. The number of rotatable bonds is 1. The topological polar surface area (TPSA) is 38.0 Å². The van der Waals surface area contributed by atoms with Crippen molar-refractivity contribution in [1.82, 2.24) is 5.32 Å². The van der Waals surface area contributed by atoms with Crippen LogP contribution in [0.1, 0.15) is 35.6 Å². The van der Waals surface area contributed by atoms with Crippen molar-refractivity contribution in [3.63, 3.8) is 0 Å². The molecule has 0 spiro atoms. The van der Waals surface area contributed by atoms with Gasteiger partial charge in [-0.2, -0.15) is 0 Å². The lowest BCUT2D eigenvalue weighted by atomic mass is 9.92. The Balaban J connectivity index is 2.20. The number of benzene rings is 1. The summed E-state index contributed by atoms with van der Waals surface area (Å²) in [5, 5.41) is 3.54. The van der Waals surface area contributed by atoms with E-state index in [9.17, 15) is 0 Å². The minimum absolute atomic E-state index is 0.358. The van der Waals surface area contributed by atoms with Gasteiger partial charge < -0.3 is 11.1 Å². The molecule has 0 aliphatic carbocycles. The van der Waals surface area contributed by atoms with Gasteiger partial charge in [-0.3, -0.25) is 0 Å². The van der Waals surface area contributed by atoms with Crippen LogP contribution in [0.25, 0.3) is 0 Å². The number of aryl methyl sites for hydroxylation is 2. The van der Waals surface area contributed by atoms with Crippen LogP contribution >= 0.6 is 0 Å². The van der Waals surface area contributed by atoms with Crippen LogP contribution in [0.2, 0.25) is 0 Å². The summed E-state index contributed by atoms with van der Waals surface area (Å²) in [6.07, 6.45) is 2.16. The summed E-state index contributed by atoms with van der Waals surface area (Å²) >= 11 is 0. The quantitative estimate of drug-likeness (QED) is 0.735. The average molecular weight is 204 g/mol. The van der Waals surface area contributed by atoms with Gasteiger partial charge in [0.1, 0.15) is 0 Å². The molecule has 0 unspecified atom stereocenters. The minimum Gasteiger partial charge on any atom is -0.328 e. The molecule has 15 heavy (non-hydrogen) atoms. The summed E-state index contributed by atoms with van der Waals surface area (Å²) < 4.78 is 0. The minimum atomic E-state index is 0.358. The number of hydrogen-bond acceptors (Lipinski definition) is 2. The second-order valence-corrected chi connectivity index (χ2v) is 4.71. The maximum Gasteiger partial charge on any atom is 0.0335 e. The van der Waals surface area contributed by atoms with E-state index in [1.165, 1.54) is 16.7 Å². The second-order valence-electron chi connectivity index (χ2n) is 4.71. The molecule has 0 bridgehead atoms. The van der Waals surface area contributed by atoms with Gasteiger partial charge in [-0.1, -0.05) is 29.3 Å². The van der Waals surface area contributed by atoms with Crippen molar-refractivity contribution in [3.8, 4) is 0 Å². The van der Waals surface area contributed by atoms with Gasteiger partial charge in [-0.15, -0.1) is 0 Å². The number of nitrogens with one attached hydrogen (secondary N) is 1. The highest BCUT2D eigenvalue weighted by molar-refractivity contribution is 5.31. The van der Waals surface area contributed by atoms with Crippen molar-refractivity contribution in [1.29, 1.82) is 0 Å². The molecule has 0 aromatic heterocycles. The van der Waals surface area contributed by atoms with E-state index in [4.69, 9.17) is 5.73 Å². The lowest BCUT2D eigenvalue weighted by Crippen LogP contribution is -2.38. The zero-order valence-electron chi connectivity index (χ0n) is 9.59. The van der Waals surface area contributed by atoms with Crippen molar-refractivity contribution in [2.24, 2.45) is 5.73 Å². The third-order valence-electron chi connectivity index (χ3n) is 3.09. The molecule has 1 aliphatic rings. The maximum atomic E-state index is 6.00. The molecule has 2 heteroatoms. The first-order valence-electron chi connectivity index (χ1n) is 5.72. The zero-order valence-corrected chi connectivity index (χ0v) is 9.59. The van der Waals surface area contributed by atoms with Gasteiger partial charge in [0.05, 0.1) is 0 Å². The molecule has 1 aromatic rings. The Bertz CT molecular complexity index is 326. The van der Waals surface area contributed by atoms with Gasteiger partial charge >= 0.3 is 0 Å². The standard InChI is InChI=1S/C13H20N2/c1-9-5-10(2)7-11(6-9)13-8-12(14)3-4-15-13/h5-7,12-13,15H,3-4,8,14H2,1-2H3/t12-,13-/m0/s1. The number of piperidine rings is 1. The van der Waals surface area contributed by atoms with Crippen molar-refractivity contribution >= 4 is 0 Å². The van der Waals surface area contributed by atoms with Crippen LogP contribution in [-0.4, -0.2) is 12.6 Å². The van der Waals surface area contributed by atoms with Crippen LogP contribution in [0, 0.1) is 13.8 Å². The monoisotopic (exact) mass is 204 g/mol. The van der Waals surface area contributed by atoms with Gasteiger partial charge in [-0.05, 0) is 38.8 Å². The van der Waals surface area contributed by atoms with E-state index < -0.39 is 0 Å². The molecule has 2 nitrogen and oxygen atoms in total. The summed E-state index contributed by atoms with van der Waals surface area (Å²) in [7, 11) is 0. The van der Waals surface area contributed by atoms with E-state index in [0.29, 0.717) is 12.1 Å². The van der Waals surface area contributed by atoms with Crippen LogP contribution in [-0.2, 0) is 0 Å². The molecule has 0 radical (unpaired) electrons. The van der Waals surface area contributed by atoms with Gasteiger partial charge in [0.25, 0.3) is 0 Å². The molecule has 2 atom stereocenters. The van der Waals surface area contributed by atoms with E-state index in [1.807, 2.05) is 0 Å². The molecular weight excluding hydrogens is 184 g/mol. The van der Waals surface area contributed by atoms with Gasteiger partial charge in [0.15, 0.2) is 0 Å². The van der Waals surface area contributed by atoms with E-state index in [-0.39, 0.29) is 0 Å². The van der Waals surface area contributed by atoms with Crippen LogP contribution in [0.4, 0.5) is 0 Å². The van der Waals surface area contributed by atoms with E-state index in [0.717, 1.165) is 19.4 Å². The summed E-state index contributed by atoms with van der Waals surface area (Å²) in [5.41, 5.74) is 10.1. The van der Waals surface area contributed by atoms with E-state index >= 15 is 0 Å².